The van der Waals surface area contributed by atoms with Crippen LogP contribution in [0, 0.1) is 6.92 Å². The number of anilines is 1. The summed E-state index contributed by atoms with van der Waals surface area (Å²) in [5.74, 6) is 0.379. The molecule has 0 bridgehead atoms. The number of rotatable bonds is 3. The molecular formula is C22H25BFN9O10P2S. The van der Waals surface area contributed by atoms with E-state index in [9.17, 15) is 14.3 Å². The zero-order valence-electron chi connectivity index (χ0n) is 23.9. The van der Waals surface area contributed by atoms with Gasteiger partial charge in [0.15, 0.2) is 41.3 Å². The summed E-state index contributed by atoms with van der Waals surface area (Å²) in [7, 11) is 2.77. The highest BCUT2D eigenvalue weighted by molar-refractivity contribution is 8.07. The van der Waals surface area contributed by atoms with E-state index in [-0.39, 0.29) is 22.8 Å². The van der Waals surface area contributed by atoms with Gasteiger partial charge in [0, 0.05) is 7.11 Å². The minimum Gasteiger partial charge on any atom is -0.382 e. The van der Waals surface area contributed by atoms with E-state index < -0.39 is 82.1 Å². The Hall–Kier alpha value is -2.75. The third-order valence-electron chi connectivity index (χ3n) is 7.65. The van der Waals surface area contributed by atoms with E-state index in [1.165, 1.54) is 42.1 Å². The highest BCUT2D eigenvalue weighted by atomic mass is 32.5. The van der Waals surface area contributed by atoms with Crippen molar-refractivity contribution in [2.45, 2.75) is 56.1 Å². The zero-order chi connectivity index (χ0) is 32.5. The molecule has 7 heterocycles. The number of nitrogen functional groups attached to an aromatic ring is 1. The highest BCUT2D eigenvalue weighted by Crippen LogP contribution is 2.54. The number of hydrogen-bond acceptors (Lipinski definition) is 16. The Morgan fingerprint density at radius 2 is 1.74 bits per heavy atom. The van der Waals surface area contributed by atoms with E-state index in [2.05, 4.69) is 29.9 Å². The average molecular weight is 699 g/mol. The number of nitrogens with one attached hydrogen (secondary N) is 1. The van der Waals surface area contributed by atoms with Crippen LogP contribution in [-0.4, -0.2) is 109 Å². The van der Waals surface area contributed by atoms with Crippen molar-refractivity contribution in [2.75, 3.05) is 26.1 Å². The van der Waals surface area contributed by atoms with Crippen molar-refractivity contribution in [3.8, 4) is 0 Å². The van der Waals surface area contributed by atoms with Crippen LogP contribution < -0.4 is 11.3 Å². The molecule has 4 aromatic heterocycles. The predicted octanol–water partition coefficient (Wildman–Crippen LogP) is 0.309. The first-order chi connectivity index (χ1) is 21.9. The van der Waals surface area contributed by atoms with E-state index in [1.54, 1.807) is 0 Å². The summed E-state index contributed by atoms with van der Waals surface area (Å²) < 4.78 is 72.3. The maximum atomic E-state index is 16.1. The molecular weight excluding hydrogens is 674 g/mol. The number of aryl methyl sites for hydroxylation is 1. The first kappa shape index (κ1) is 31.8. The van der Waals surface area contributed by atoms with E-state index in [4.69, 9.17) is 57.4 Å². The summed E-state index contributed by atoms with van der Waals surface area (Å²) in [6.07, 6.45) is -7.00. The number of methoxy groups -OCH3 is 1. The van der Waals surface area contributed by atoms with Crippen molar-refractivity contribution < 1.29 is 46.2 Å². The van der Waals surface area contributed by atoms with E-state index in [0.717, 1.165) is 0 Å². The third-order valence-corrected chi connectivity index (χ3v) is 10.3. The summed E-state index contributed by atoms with van der Waals surface area (Å²) in [5.41, 5.74) is 5.95. The van der Waals surface area contributed by atoms with Gasteiger partial charge in [0.1, 0.15) is 48.2 Å². The second kappa shape index (κ2) is 11.7. The predicted molar refractivity (Wildman–Crippen MR) is 158 cm³/mol. The fraction of sp³-hybridized carbons (Fsp3) is 0.545. The van der Waals surface area contributed by atoms with E-state index in [0.29, 0.717) is 11.2 Å². The number of hydrogen-bond donors (Lipinski definition) is 3. The molecule has 10 atom stereocenters. The molecule has 0 saturated carbocycles. The van der Waals surface area contributed by atoms with Crippen molar-refractivity contribution >= 4 is 61.7 Å². The molecule has 24 heteroatoms. The van der Waals surface area contributed by atoms with Crippen LogP contribution in [0.5, 0.6) is 0 Å². The molecule has 2 radical (unpaired) electrons. The number of H-pyrrole nitrogens is 1. The van der Waals surface area contributed by atoms with Crippen LogP contribution in [-0.2, 0) is 48.7 Å². The lowest BCUT2D eigenvalue weighted by atomic mass is 10.1. The van der Waals surface area contributed by atoms with Crippen LogP contribution in [0.3, 0.4) is 0 Å². The topological polar surface area (TPSA) is 235 Å². The normalized spacial score (nSPS) is 37.1. The fourth-order valence-corrected chi connectivity index (χ4v) is 8.08. The van der Waals surface area contributed by atoms with E-state index in [1.807, 2.05) is 0 Å². The lowest BCUT2D eigenvalue weighted by molar-refractivity contribution is -0.0592. The van der Waals surface area contributed by atoms with Gasteiger partial charge in [0.2, 0.25) is 7.57 Å². The Morgan fingerprint density at radius 1 is 1.07 bits per heavy atom. The number of ether oxygens (including phenoxy) is 3. The minimum absolute atomic E-state index is 0.0277. The zero-order valence-corrected chi connectivity index (χ0v) is 26.5. The van der Waals surface area contributed by atoms with Crippen LogP contribution in [0.2, 0.25) is 0 Å². The van der Waals surface area contributed by atoms with Crippen LogP contribution in [0.1, 0.15) is 18.3 Å². The SMILES string of the molecule is [B]P1(=O)OC[C@H]2O[C@@H](n3cnc4c(N)ncnc43)C(OC)[C@H]2OP(O)(=S)OC[C@H]2O[C@@H](n3cnc4c(=O)[nH]c(C)nc43)[C@@H](F)C2O1. The molecule has 46 heavy (non-hydrogen) atoms. The summed E-state index contributed by atoms with van der Waals surface area (Å²) in [4.78, 5) is 46.6. The third kappa shape index (κ3) is 5.60. The Balaban J connectivity index is 1.18. The second-order valence-electron chi connectivity index (χ2n) is 10.6. The standard InChI is InChI=1S/C22H25BFN9O10P2S/c1-8-30-19-13(20(34)31-8)29-7-33(19)21-11(24)14-9(40-21)4-39-45(36,46)43-15-10(3-38-44(23,35)42-14)41-22(16(15)37-2)32-6-28-12-17(25)26-5-27-18(12)32/h5-7,9-11,14-16,21-22H,3-4H2,1-2H3,(H,36,46)(H2,25,26,27)(H,30,31,34)/t9-,10-,11+,14?,15+,16?,21-,22-,44?,45?/m1/s1. The second-order valence-corrected chi connectivity index (χ2v) is 14.9. The van der Waals surface area contributed by atoms with Gasteiger partial charge in [0.05, 0.1) is 25.9 Å². The number of fused-ring (bicyclic) bond motifs is 4. The Bertz CT molecular complexity index is 1970. The molecule has 4 unspecified atom stereocenters. The van der Waals surface area contributed by atoms with Crippen LogP contribution >= 0.6 is 14.2 Å². The molecule has 0 aromatic carbocycles. The number of nitrogens with zero attached hydrogens (tertiary/aromatic N) is 7. The molecule has 0 spiro atoms. The molecule has 3 aliphatic heterocycles. The molecule has 4 N–H and O–H groups in total. The largest absolute Gasteiger partial charge is 0.382 e. The van der Waals surface area contributed by atoms with Gasteiger partial charge in [-0.15, -0.1) is 0 Å². The molecule has 19 nitrogen and oxygen atoms in total. The van der Waals surface area contributed by atoms with Crippen LogP contribution in [0.15, 0.2) is 23.8 Å². The van der Waals surface area contributed by atoms with Gasteiger partial charge >= 0.3 is 6.72 Å². The van der Waals surface area contributed by atoms with Gasteiger partial charge < -0.3 is 43.4 Å². The van der Waals surface area contributed by atoms with Crippen LogP contribution in [0.25, 0.3) is 22.3 Å². The van der Waals surface area contributed by atoms with Gasteiger partial charge in [-0.2, -0.15) is 0 Å². The first-order valence-electron chi connectivity index (χ1n) is 13.6. The van der Waals surface area contributed by atoms with Crippen molar-refractivity contribution in [1.82, 2.24) is 39.0 Å². The molecule has 3 fully saturated rings. The van der Waals surface area contributed by atoms with Crippen molar-refractivity contribution in [2.24, 2.45) is 0 Å². The summed E-state index contributed by atoms with van der Waals surface area (Å²) in [6.45, 7) is -3.72. The minimum atomic E-state index is -4.53. The van der Waals surface area contributed by atoms with Crippen molar-refractivity contribution in [3.05, 3.63) is 35.2 Å². The molecule has 3 aliphatic rings. The average Bonchev–Trinajstić information content (AvgIpc) is 3.75. The maximum Gasteiger partial charge on any atom is 0.325 e. The molecule has 4 aromatic rings. The van der Waals surface area contributed by atoms with Gasteiger partial charge in [-0.1, -0.05) is 0 Å². The number of aromatic amines is 1. The fourth-order valence-electron chi connectivity index (χ4n) is 5.63. The number of nitrogens with two attached hydrogens (primary N) is 1. The smallest absolute Gasteiger partial charge is 0.325 e. The van der Waals surface area contributed by atoms with Crippen molar-refractivity contribution in [3.63, 3.8) is 0 Å². The Morgan fingerprint density at radius 3 is 2.50 bits per heavy atom. The van der Waals surface area contributed by atoms with Gasteiger partial charge in [-0.3, -0.25) is 23.0 Å². The molecule has 3 saturated heterocycles. The van der Waals surface area contributed by atoms with Gasteiger partial charge in [0.25, 0.3) is 13.0 Å². The molecule has 244 valence electrons. The van der Waals surface area contributed by atoms with Crippen LogP contribution in [0.4, 0.5) is 10.2 Å². The summed E-state index contributed by atoms with van der Waals surface area (Å²) in [6, 6.07) is 0. The van der Waals surface area contributed by atoms with Gasteiger partial charge in [-0.05, 0) is 18.7 Å². The molecule has 7 rings (SSSR count). The number of halogens is 1. The maximum absolute atomic E-state index is 16.1. The summed E-state index contributed by atoms with van der Waals surface area (Å²) in [5, 5.41) is 0. The lowest BCUT2D eigenvalue weighted by Crippen LogP contribution is -2.39. The molecule has 0 amide bonds. The lowest BCUT2D eigenvalue weighted by Gasteiger charge is -2.30. The van der Waals surface area contributed by atoms with Crippen molar-refractivity contribution in [1.29, 1.82) is 0 Å². The Labute approximate surface area is 264 Å². The van der Waals surface area contributed by atoms with E-state index >= 15 is 4.39 Å². The quantitative estimate of drug-likeness (QED) is 0.193. The summed E-state index contributed by atoms with van der Waals surface area (Å²) >= 11 is 5.30. The number of imidazole rings is 2. The first-order valence-corrected chi connectivity index (χ1v) is 17.8. The molecule has 0 aliphatic carbocycles. The van der Waals surface area contributed by atoms with Gasteiger partial charge in [-0.25, -0.2) is 29.3 Å². The monoisotopic (exact) mass is 699 g/mol. The number of alkyl halides is 1. The Kier molecular flexibility index (Phi) is 8.13. The number of aromatic nitrogens is 8. The highest BCUT2D eigenvalue weighted by Gasteiger charge is 2.53.